The van der Waals surface area contributed by atoms with Crippen LogP contribution < -0.4 is 15.4 Å². The van der Waals surface area contributed by atoms with Gasteiger partial charge in [-0.1, -0.05) is 11.6 Å². The lowest BCUT2D eigenvalue weighted by atomic mass is 10.1. The Balaban J connectivity index is 1.80. The van der Waals surface area contributed by atoms with Gasteiger partial charge in [0.25, 0.3) is 0 Å². The summed E-state index contributed by atoms with van der Waals surface area (Å²) >= 11 is 5.84. The minimum Gasteiger partial charge on any atom is -0.450 e. The molecule has 10 heteroatoms. The van der Waals surface area contributed by atoms with E-state index in [1.54, 1.807) is 11.8 Å². The van der Waals surface area contributed by atoms with E-state index in [1.165, 1.54) is 18.2 Å². The molecule has 1 aliphatic heterocycles. The third-order valence-electron chi connectivity index (χ3n) is 3.76. The van der Waals surface area contributed by atoms with Crippen LogP contribution in [0.5, 0.6) is 5.75 Å². The van der Waals surface area contributed by atoms with Gasteiger partial charge in [-0.2, -0.15) is 8.78 Å². The number of anilines is 1. The number of nitrogens with zero attached hydrogens (tertiary/aromatic N) is 1. The Hall–Kier alpha value is -2.29. The first-order valence-corrected chi connectivity index (χ1v) is 8.50. The summed E-state index contributed by atoms with van der Waals surface area (Å²) in [5.41, 5.74) is 0.345. The van der Waals surface area contributed by atoms with Crippen molar-refractivity contribution in [1.29, 1.82) is 0 Å². The van der Waals surface area contributed by atoms with E-state index < -0.39 is 12.6 Å². The molecule has 3 amide bonds. The summed E-state index contributed by atoms with van der Waals surface area (Å²) in [4.78, 5) is 25.3. The largest absolute Gasteiger partial charge is 0.450 e. The number of halogens is 3. The van der Waals surface area contributed by atoms with Crippen molar-refractivity contribution in [1.82, 2.24) is 10.2 Å². The number of ether oxygens (including phenoxy) is 2. The standard InChI is InChI=1S/C16H20ClF2N3O4/c1-2-25-16(24)22-7-5-10(6-8-22)20-15(23)21-11-3-4-13(12(17)9-11)26-14(18)19/h3-4,9-10,14H,2,5-8H2,1H3,(H2,20,21,23). The molecule has 0 saturated carbocycles. The molecule has 26 heavy (non-hydrogen) atoms. The van der Waals surface area contributed by atoms with E-state index in [0.29, 0.717) is 38.2 Å². The zero-order valence-corrected chi connectivity index (χ0v) is 14.9. The predicted molar refractivity (Wildman–Crippen MR) is 91.9 cm³/mol. The molecule has 7 nitrogen and oxygen atoms in total. The second-order valence-electron chi connectivity index (χ2n) is 5.58. The van der Waals surface area contributed by atoms with Crippen molar-refractivity contribution >= 4 is 29.4 Å². The van der Waals surface area contributed by atoms with Crippen LogP contribution >= 0.6 is 11.6 Å². The van der Waals surface area contributed by atoms with E-state index in [1.807, 2.05) is 0 Å². The van der Waals surface area contributed by atoms with E-state index in [2.05, 4.69) is 15.4 Å². The first-order chi connectivity index (χ1) is 12.4. The van der Waals surface area contributed by atoms with Crippen molar-refractivity contribution in [2.45, 2.75) is 32.4 Å². The zero-order valence-electron chi connectivity index (χ0n) is 14.1. The lowest BCUT2D eigenvalue weighted by Gasteiger charge is -2.31. The minimum absolute atomic E-state index is 0.0363. The fourth-order valence-corrected chi connectivity index (χ4v) is 2.77. The topological polar surface area (TPSA) is 79.9 Å². The number of benzene rings is 1. The lowest BCUT2D eigenvalue weighted by molar-refractivity contribution is -0.0497. The fraction of sp³-hybridized carbons (Fsp3) is 0.500. The molecular formula is C16H20ClF2N3O4. The van der Waals surface area contributed by atoms with Crippen molar-refractivity contribution in [2.75, 3.05) is 25.0 Å². The Bertz CT molecular complexity index is 640. The molecule has 0 unspecified atom stereocenters. The summed E-state index contributed by atoms with van der Waals surface area (Å²) in [5, 5.41) is 5.35. The number of nitrogens with one attached hydrogen (secondary N) is 2. The third kappa shape index (κ3) is 5.91. The number of alkyl halides is 2. The van der Waals surface area contributed by atoms with Gasteiger partial charge in [-0.05, 0) is 38.0 Å². The fourth-order valence-electron chi connectivity index (χ4n) is 2.54. The molecule has 2 N–H and O–H groups in total. The number of piperidine rings is 1. The van der Waals surface area contributed by atoms with Crippen LogP contribution in [0.2, 0.25) is 5.02 Å². The van der Waals surface area contributed by atoms with Crippen LogP contribution in [0, 0.1) is 0 Å². The monoisotopic (exact) mass is 391 g/mol. The molecule has 0 atom stereocenters. The summed E-state index contributed by atoms with van der Waals surface area (Å²) in [6, 6.07) is 3.45. The van der Waals surface area contributed by atoms with Gasteiger partial charge in [-0.25, -0.2) is 9.59 Å². The Morgan fingerprint density at radius 1 is 1.35 bits per heavy atom. The van der Waals surface area contributed by atoms with Crippen LogP contribution in [-0.2, 0) is 4.74 Å². The van der Waals surface area contributed by atoms with Crippen molar-refractivity contribution in [3.8, 4) is 5.75 Å². The molecule has 0 aromatic heterocycles. The van der Waals surface area contributed by atoms with Crippen LogP contribution in [0.4, 0.5) is 24.1 Å². The van der Waals surface area contributed by atoms with Crippen LogP contribution in [0.15, 0.2) is 18.2 Å². The highest BCUT2D eigenvalue weighted by atomic mass is 35.5. The first-order valence-electron chi connectivity index (χ1n) is 8.12. The predicted octanol–water partition coefficient (Wildman–Crippen LogP) is 3.68. The van der Waals surface area contributed by atoms with Gasteiger partial charge in [0, 0.05) is 24.8 Å². The third-order valence-corrected chi connectivity index (χ3v) is 4.06. The summed E-state index contributed by atoms with van der Waals surface area (Å²) in [6.45, 7) is 0.0814. The number of hydrogen-bond donors (Lipinski definition) is 2. The molecule has 2 rings (SSSR count). The van der Waals surface area contributed by atoms with Gasteiger partial charge in [0.1, 0.15) is 5.75 Å². The summed E-state index contributed by atoms with van der Waals surface area (Å²) in [6.07, 6.45) is 0.860. The number of carbonyl (C=O) groups is 2. The number of carbonyl (C=O) groups excluding carboxylic acids is 2. The van der Waals surface area contributed by atoms with E-state index >= 15 is 0 Å². The lowest BCUT2D eigenvalue weighted by Crippen LogP contribution is -2.47. The van der Waals surface area contributed by atoms with E-state index in [9.17, 15) is 18.4 Å². The molecule has 1 aromatic rings. The summed E-state index contributed by atoms with van der Waals surface area (Å²) < 4.78 is 33.6. The quantitative estimate of drug-likeness (QED) is 0.802. The zero-order chi connectivity index (χ0) is 19.1. The Labute approximate surface area is 154 Å². The van der Waals surface area contributed by atoms with Gasteiger partial charge in [0.15, 0.2) is 0 Å². The highest BCUT2D eigenvalue weighted by Gasteiger charge is 2.24. The van der Waals surface area contributed by atoms with Crippen molar-refractivity contribution < 1.29 is 27.8 Å². The molecule has 1 aliphatic rings. The first kappa shape index (κ1) is 20.0. The minimum atomic E-state index is -2.98. The highest BCUT2D eigenvalue weighted by Crippen LogP contribution is 2.28. The van der Waals surface area contributed by atoms with Crippen LogP contribution in [0.1, 0.15) is 19.8 Å². The van der Waals surface area contributed by atoms with Crippen molar-refractivity contribution in [3.05, 3.63) is 23.2 Å². The SMILES string of the molecule is CCOC(=O)N1CCC(NC(=O)Nc2ccc(OC(F)F)c(Cl)c2)CC1. The molecule has 0 bridgehead atoms. The number of likely N-dealkylation sites (tertiary alicyclic amines) is 1. The van der Waals surface area contributed by atoms with Crippen LogP contribution in [0.25, 0.3) is 0 Å². The van der Waals surface area contributed by atoms with E-state index in [-0.39, 0.29) is 22.9 Å². The summed E-state index contributed by atoms with van der Waals surface area (Å²) in [5.74, 6) is -0.168. The van der Waals surface area contributed by atoms with Gasteiger partial charge in [0.2, 0.25) is 0 Å². The number of rotatable bonds is 5. The van der Waals surface area contributed by atoms with Gasteiger partial charge < -0.3 is 25.0 Å². The molecule has 1 fully saturated rings. The second-order valence-corrected chi connectivity index (χ2v) is 5.99. The normalized spacial score (nSPS) is 14.9. The number of amides is 3. The molecule has 1 saturated heterocycles. The smallest absolute Gasteiger partial charge is 0.409 e. The maximum absolute atomic E-state index is 12.2. The van der Waals surface area contributed by atoms with E-state index in [0.717, 1.165) is 0 Å². The second kappa shape index (κ2) is 9.42. The molecule has 1 aromatic carbocycles. The number of urea groups is 1. The molecule has 0 radical (unpaired) electrons. The average molecular weight is 392 g/mol. The Kier molecular flexibility index (Phi) is 7.26. The van der Waals surface area contributed by atoms with E-state index in [4.69, 9.17) is 16.3 Å². The van der Waals surface area contributed by atoms with Crippen molar-refractivity contribution in [3.63, 3.8) is 0 Å². The number of hydrogen-bond acceptors (Lipinski definition) is 4. The Morgan fingerprint density at radius 2 is 2.04 bits per heavy atom. The average Bonchev–Trinajstić information content (AvgIpc) is 2.58. The Morgan fingerprint density at radius 3 is 2.62 bits per heavy atom. The molecule has 144 valence electrons. The molecule has 0 aliphatic carbocycles. The van der Waals surface area contributed by atoms with Gasteiger partial charge in [0.05, 0.1) is 11.6 Å². The summed E-state index contributed by atoms with van der Waals surface area (Å²) in [7, 11) is 0. The van der Waals surface area contributed by atoms with Crippen LogP contribution in [0.3, 0.4) is 0 Å². The maximum atomic E-state index is 12.2. The van der Waals surface area contributed by atoms with Gasteiger partial charge in [-0.15, -0.1) is 0 Å². The maximum Gasteiger partial charge on any atom is 0.409 e. The molecule has 0 spiro atoms. The molecular weight excluding hydrogens is 372 g/mol. The van der Waals surface area contributed by atoms with Gasteiger partial charge in [-0.3, -0.25) is 0 Å². The van der Waals surface area contributed by atoms with Gasteiger partial charge >= 0.3 is 18.7 Å². The van der Waals surface area contributed by atoms with Crippen molar-refractivity contribution in [2.24, 2.45) is 0 Å². The molecule has 1 heterocycles. The highest BCUT2D eigenvalue weighted by molar-refractivity contribution is 6.32. The van der Waals surface area contributed by atoms with Crippen LogP contribution in [-0.4, -0.2) is 49.4 Å².